The van der Waals surface area contributed by atoms with E-state index in [4.69, 9.17) is 4.98 Å². The zero-order valence-corrected chi connectivity index (χ0v) is 15.3. The summed E-state index contributed by atoms with van der Waals surface area (Å²) in [7, 11) is 0. The Bertz CT molecular complexity index is 711. The van der Waals surface area contributed by atoms with Crippen LogP contribution < -0.4 is 0 Å². The number of thioether (sulfide) groups is 1. The number of fused-ring (bicyclic) bond motifs is 1. The number of nitrogens with zero attached hydrogens (tertiary/aromatic N) is 3. The van der Waals surface area contributed by atoms with E-state index in [0.717, 1.165) is 66.4 Å². The van der Waals surface area contributed by atoms with E-state index in [1.165, 1.54) is 0 Å². The van der Waals surface area contributed by atoms with E-state index >= 15 is 0 Å². The molecule has 0 spiro atoms. The van der Waals surface area contributed by atoms with Gasteiger partial charge in [0.2, 0.25) is 5.91 Å². The molecule has 128 valence electrons. The number of amides is 1. The highest BCUT2D eigenvalue weighted by Gasteiger charge is 2.20. The van der Waals surface area contributed by atoms with Crippen molar-refractivity contribution in [3.63, 3.8) is 0 Å². The Morgan fingerprint density at radius 2 is 2.00 bits per heavy atom. The third kappa shape index (κ3) is 4.07. The van der Waals surface area contributed by atoms with Crippen LogP contribution in [0.4, 0.5) is 0 Å². The summed E-state index contributed by atoms with van der Waals surface area (Å²) in [4.78, 5) is 23.8. The average molecular weight is 343 g/mol. The first-order valence-corrected chi connectivity index (χ1v) is 9.82. The maximum atomic E-state index is 12.5. The first kappa shape index (κ1) is 17.2. The Balaban J connectivity index is 1.73. The molecule has 5 heteroatoms. The summed E-state index contributed by atoms with van der Waals surface area (Å²) in [6.45, 7) is 6.18. The molecule has 0 saturated carbocycles. The normalized spacial score (nSPS) is 15.8. The molecule has 0 atom stereocenters. The fraction of sp³-hybridized carbons (Fsp3) is 0.526. The molecule has 0 radical (unpaired) electrons. The molecular formula is C19H25N3OS. The van der Waals surface area contributed by atoms with Gasteiger partial charge in [0.25, 0.3) is 0 Å². The summed E-state index contributed by atoms with van der Waals surface area (Å²) in [5.41, 5.74) is 0.970. The van der Waals surface area contributed by atoms with Gasteiger partial charge in [-0.05, 0) is 31.2 Å². The maximum Gasteiger partial charge on any atom is 0.232 e. The van der Waals surface area contributed by atoms with Gasteiger partial charge in [-0.15, -0.1) is 0 Å². The summed E-state index contributed by atoms with van der Waals surface area (Å²) >= 11 is 1.55. The van der Waals surface area contributed by atoms with Gasteiger partial charge in [0.05, 0.1) is 11.3 Å². The number of aryl methyl sites for hydroxylation is 1. The van der Waals surface area contributed by atoms with Crippen molar-refractivity contribution in [3.8, 4) is 0 Å². The van der Waals surface area contributed by atoms with Gasteiger partial charge in [-0.25, -0.2) is 9.97 Å². The van der Waals surface area contributed by atoms with E-state index in [1.54, 1.807) is 11.8 Å². The maximum absolute atomic E-state index is 12.5. The third-order valence-corrected chi connectivity index (χ3v) is 5.53. The van der Waals surface area contributed by atoms with E-state index in [9.17, 15) is 4.79 Å². The highest BCUT2D eigenvalue weighted by molar-refractivity contribution is 8.00. The van der Waals surface area contributed by atoms with Gasteiger partial charge in [-0.2, -0.15) is 0 Å². The minimum Gasteiger partial charge on any atom is -0.342 e. The lowest BCUT2D eigenvalue weighted by Gasteiger charge is -2.30. The third-order valence-electron chi connectivity index (χ3n) is 4.56. The number of aromatic nitrogens is 2. The first-order valence-electron chi connectivity index (χ1n) is 8.83. The Hall–Kier alpha value is -1.62. The molecule has 1 aliphatic rings. The molecule has 1 aromatic heterocycles. The number of para-hydroxylation sites is 1. The van der Waals surface area contributed by atoms with E-state index in [0.29, 0.717) is 5.75 Å². The SMILES string of the molecule is CCCc1nc(SCC(=O)N2CCC(C)CC2)c2ccccc2n1. The molecule has 0 unspecified atom stereocenters. The van der Waals surface area contributed by atoms with Crippen molar-refractivity contribution >= 4 is 28.6 Å². The average Bonchev–Trinajstić information content (AvgIpc) is 2.60. The lowest BCUT2D eigenvalue weighted by molar-refractivity contribution is -0.129. The van der Waals surface area contributed by atoms with E-state index in [2.05, 4.69) is 18.8 Å². The highest BCUT2D eigenvalue weighted by atomic mass is 32.2. The molecule has 0 aliphatic carbocycles. The predicted octanol–water partition coefficient (Wildman–Crippen LogP) is 3.93. The Kier molecular flexibility index (Phi) is 5.72. The highest BCUT2D eigenvalue weighted by Crippen LogP contribution is 2.26. The molecule has 1 saturated heterocycles. The predicted molar refractivity (Wildman–Crippen MR) is 99.2 cm³/mol. The van der Waals surface area contributed by atoms with Gasteiger partial charge < -0.3 is 4.90 Å². The quantitative estimate of drug-likeness (QED) is 0.609. The molecule has 0 bridgehead atoms. The number of carbonyl (C=O) groups is 1. The van der Waals surface area contributed by atoms with Crippen LogP contribution in [-0.4, -0.2) is 39.6 Å². The Morgan fingerprint density at radius 3 is 2.75 bits per heavy atom. The number of benzene rings is 1. The molecule has 1 fully saturated rings. The molecule has 3 rings (SSSR count). The zero-order valence-electron chi connectivity index (χ0n) is 14.5. The van der Waals surface area contributed by atoms with Crippen molar-refractivity contribution in [2.24, 2.45) is 5.92 Å². The van der Waals surface area contributed by atoms with Crippen molar-refractivity contribution in [1.82, 2.24) is 14.9 Å². The Labute approximate surface area is 148 Å². The fourth-order valence-corrected chi connectivity index (χ4v) is 3.96. The van der Waals surface area contributed by atoms with Crippen LogP contribution in [0.3, 0.4) is 0 Å². The van der Waals surface area contributed by atoms with Gasteiger partial charge in [-0.3, -0.25) is 4.79 Å². The van der Waals surface area contributed by atoms with Gasteiger partial charge in [-0.1, -0.05) is 43.8 Å². The number of hydrogen-bond donors (Lipinski definition) is 0. The number of hydrogen-bond acceptors (Lipinski definition) is 4. The molecule has 2 aromatic rings. The number of rotatable bonds is 5. The number of piperidine rings is 1. The molecule has 1 aromatic carbocycles. The Morgan fingerprint density at radius 1 is 1.25 bits per heavy atom. The smallest absolute Gasteiger partial charge is 0.232 e. The van der Waals surface area contributed by atoms with Crippen LogP contribution in [0.25, 0.3) is 10.9 Å². The van der Waals surface area contributed by atoms with Gasteiger partial charge in [0.1, 0.15) is 10.9 Å². The fourth-order valence-electron chi connectivity index (χ4n) is 3.02. The van der Waals surface area contributed by atoms with Crippen molar-refractivity contribution in [2.75, 3.05) is 18.8 Å². The van der Waals surface area contributed by atoms with Crippen LogP contribution in [0.2, 0.25) is 0 Å². The molecule has 2 heterocycles. The summed E-state index contributed by atoms with van der Waals surface area (Å²) in [6.07, 6.45) is 4.13. The minimum absolute atomic E-state index is 0.228. The van der Waals surface area contributed by atoms with Crippen molar-refractivity contribution < 1.29 is 4.79 Å². The topological polar surface area (TPSA) is 46.1 Å². The number of carbonyl (C=O) groups excluding carboxylic acids is 1. The molecule has 1 aliphatic heterocycles. The second-order valence-corrected chi connectivity index (χ2v) is 7.53. The van der Waals surface area contributed by atoms with Gasteiger partial charge >= 0.3 is 0 Å². The first-order chi connectivity index (χ1) is 11.7. The molecule has 0 N–H and O–H groups in total. The number of likely N-dealkylation sites (tertiary alicyclic amines) is 1. The van der Waals surface area contributed by atoms with Crippen molar-refractivity contribution in [1.29, 1.82) is 0 Å². The van der Waals surface area contributed by atoms with Crippen LogP contribution in [0.15, 0.2) is 29.3 Å². The lowest BCUT2D eigenvalue weighted by atomic mass is 9.99. The van der Waals surface area contributed by atoms with Crippen LogP contribution in [0.5, 0.6) is 0 Å². The summed E-state index contributed by atoms with van der Waals surface area (Å²) in [5, 5.41) is 1.98. The van der Waals surface area contributed by atoms with Crippen molar-refractivity contribution in [3.05, 3.63) is 30.1 Å². The summed E-state index contributed by atoms with van der Waals surface area (Å²) in [5.74, 6) is 2.30. The standard InChI is InChI=1S/C19H25N3OS/c1-3-6-17-20-16-8-5-4-7-15(16)19(21-17)24-13-18(23)22-11-9-14(2)10-12-22/h4-5,7-8,14H,3,6,9-13H2,1-2H3. The van der Waals surface area contributed by atoms with E-state index in [1.807, 2.05) is 29.2 Å². The summed E-state index contributed by atoms with van der Waals surface area (Å²) < 4.78 is 0. The van der Waals surface area contributed by atoms with Crippen LogP contribution in [0.1, 0.15) is 38.9 Å². The zero-order chi connectivity index (χ0) is 16.9. The second-order valence-electron chi connectivity index (χ2n) is 6.56. The molecular weight excluding hydrogens is 318 g/mol. The minimum atomic E-state index is 0.228. The second kappa shape index (κ2) is 7.97. The summed E-state index contributed by atoms with van der Waals surface area (Å²) in [6, 6.07) is 8.07. The molecule has 4 nitrogen and oxygen atoms in total. The van der Waals surface area contributed by atoms with Crippen LogP contribution >= 0.6 is 11.8 Å². The van der Waals surface area contributed by atoms with Gasteiger partial charge in [0.15, 0.2) is 0 Å². The van der Waals surface area contributed by atoms with Crippen molar-refractivity contribution in [2.45, 2.75) is 44.6 Å². The van der Waals surface area contributed by atoms with E-state index < -0.39 is 0 Å². The monoisotopic (exact) mass is 343 g/mol. The van der Waals surface area contributed by atoms with Crippen LogP contribution in [-0.2, 0) is 11.2 Å². The molecule has 24 heavy (non-hydrogen) atoms. The largest absolute Gasteiger partial charge is 0.342 e. The van der Waals surface area contributed by atoms with Gasteiger partial charge in [0, 0.05) is 24.9 Å². The lowest BCUT2D eigenvalue weighted by Crippen LogP contribution is -2.38. The molecule has 1 amide bonds. The van der Waals surface area contributed by atoms with E-state index in [-0.39, 0.29) is 5.91 Å². The van der Waals surface area contributed by atoms with Crippen LogP contribution in [0, 0.1) is 5.92 Å².